The molecule has 1 aliphatic rings. The summed E-state index contributed by atoms with van der Waals surface area (Å²) in [6.45, 7) is 2.19. The molecule has 18 heavy (non-hydrogen) atoms. The van der Waals surface area contributed by atoms with Crippen molar-refractivity contribution in [2.75, 3.05) is 0 Å². The molecule has 0 heterocycles. The Kier molecular flexibility index (Phi) is 4.98. The van der Waals surface area contributed by atoms with Crippen LogP contribution in [0.3, 0.4) is 0 Å². The molecular weight excluding hydrogens is 223 g/mol. The Morgan fingerprint density at radius 3 is 2.33 bits per heavy atom. The van der Waals surface area contributed by atoms with Crippen molar-refractivity contribution >= 4 is 0 Å². The summed E-state index contributed by atoms with van der Waals surface area (Å²) in [7, 11) is 0. The van der Waals surface area contributed by atoms with Gasteiger partial charge in [0.25, 0.3) is 0 Å². The molecule has 0 N–H and O–H groups in total. The molecule has 0 spiro atoms. The molecule has 1 heteroatoms. The number of rotatable bonds is 4. The van der Waals surface area contributed by atoms with Gasteiger partial charge in [0.2, 0.25) is 0 Å². The van der Waals surface area contributed by atoms with Crippen LogP contribution in [0.2, 0.25) is 0 Å². The summed E-state index contributed by atoms with van der Waals surface area (Å²) in [5.41, 5.74) is 2.91. The molecule has 1 aliphatic carbocycles. The number of allylic oxidation sites excluding steroid dienone is 1. The molecule has 0 atom stereocenters. The van der Waals surface area contributed by atoms with Crippen molar-refractivity contribution in [3.8, 4) is 0 Å². The molecule has 98 valence electrons. The molecule has 0 radical (unpaired) electrons. The fourth-order valence-corrected chi connectivity index (χ4v) is 3.00. The van der Waals surface area contributed by atoms with Gasteiger partial charge in [-0.1, -0.05) is 37.3 Å². The van der Waals surface area contributed by atoms with Gasteiger partial charge in [0.05, 0.1) is 6.33 Å². The first-order chi connectivity index (χ1) is 8.83. The Bertz CT molecular complexity index is 369. The largest absolute Gasteiger partial charge is 0.216 e. The minimum atomic E-state index is 0.690. The van der Waals surface area contributed by atoms with Crippen LogP contribution in [-0.4, -0.2) is 0 Å². The summed E-state index contributed by atoms with van der Waals surface area (Å²) in [5, 5.41) is 0. The molecule has 1 aromatic rings. The van der Waals surface area contributed by atoms with Gasteiger partial charge < -0.3 is 0 Å². The highest BCUT2D eigenvalue weighted by Gasteiger charge is 2.21. The first-order valence-electron chi connectivity index (χ1n) is 7.17. The third kappa shape index (κ3) is 3.44. The van der Waals surface area contributed by atoms with Gasteiger partial charge in [0, 0.05) is 0 Å². The van der Waals surface area contributed by atoms with E-state index in [4.69, 9.17) is 0 Å². The minimum absolute atomic E-state index is 0.690. The van der Waals surface area contributed by atoms with E-state index >= 15 is 0 Å². The van der Waals surface area contributed by atoms with E-state index in [1.807, 2.05) is 0 Å². The first-order valence-corrected chi connectivity index (χ1v) is 7.17. The molecule has 0 aromatic heterocycles. The van der Waals surface area contributed by atoms with E-state index in [2.05, 4.69) is 31.2 Å². The van der Waals surface area contributed by atoms with Gasteiger partial charge in [-0.15, -0.1) is 0 Å². The van der Waals surface area contributed by atoms with Gasteiger partial charge in [0.15, 0.2) is 0 Å². The maximum atomic E-state index is 12.0. The second-order valence-electron chi connectivity index (χ2n) is 5.41. The lowest BCUT2D eigenvalue weighted by Gasteiger charge is -2.28. The van der Waals surface area contributed by atoms with Gasteiger partial charge in [-0.2, -0.15) is 0 Å². The lowest BCUT2D eigenvalue weighted by atomic mass is 9.77. The second-order valence-corrected chi connectivity index (χ2v) is 5.41. The van der Waals surface area contributed by atoms with E-state index in [0.717, 1.165) is 18.8 Å². The molecule has 0 bridgehead atoms. The SMILES string of the molecule is CCc1ccc([C@H]2CC[C@H](CC=CF)CC2)cc1. The Morgan fingerprint density at radius 1 is 1.11 bits per heavy atom. The number of hydrogen-bond acceptors (Lipinski definition) is 0. The average Bonchev–Trinajstić information content (AvgIpc) is 2.46. The van der Waals surface area contributed by atoms with E-state index in [0.29, 0.717) is 12.2 Å². The van der Waals surface area contributed by atoms with Crippen LogP contribution in [0.25, 0.3) is 0 Å². The average molecular weight is 246 g/mol. The highest BCUT2D eigenvalue weighted by atomic mass is 19.1. The molecule has 2 rings (SSSR count). The van der Waals surface area contributed by atoms with Gasteiger partial charge in [-0.25, -0.2) is 4.39 Å². The fourth-order valence-electron chi connectivity index (χ4n) is 3.00. The zero-order valence-corrected chi connectivity index (χ0v) is 11.2. The number of halogens is 1. The summed E-state index contributed by atoms with van der Waals surface area (Å²) >= 11 is 0. The normalized spacial score (nSPS) is 24.6. The Balaban J connectivity index is 1.88. The Morgan fingerprint density at radius 2 is 1.78 bits per heavy atom. The maximum Gasteiger partial charge on any atom is 0.0827 e. The first kappa shape index (κ1) is 13.3. The van der Waals surface area contributed by atoms with Gasteiger partial charge in [-0.3, -0.25) is 0 Å². The smallest absolute Gasteiger partial charge is 0.0827 e. The lowest BCUT2D eigenvalue weighted by molar-refractivity contribution is 0.327. The molecule has 1 aromatic carbocycles. The van der Waals surface area contributed by atoms with Crippen LogP contribution in [0, 0.1) is 5.92 Å². The number of benzene rings is 1. The minimum Gasteiger partial charge on any atom is -0.216 e. The van der Waals surface area contributed by atoms with Crippen LogP contribution in [0.1, 0.15) is 56.1 Å². The van der Waals surface area contributed by atoms with Crippen LogP contribution in [0.4, 0.5) is 4.39 Å². The second kappa shape index (κ2) is 6.72. The Hall–Kier alpha value is -1.11. The Labute approximate surface area is 110 Å². The summed E-state index contributed by atoms with van der Waals surface area (Å²) < 4.78 is 12.0. The third-order valence-electron chi connectivity index (χ3n) is 4.26. The van der Waals surface area contributed by atoms with Gasteiger partial charge >= 0.3 is 0 Å². The predicted molar refractivity (Wildman–Crippen MR) is 75.4 cm³/mol. The zero-order chi connectivity index (χ0) is 12.8. The van der Waals surface area contributed by atoms with Crippen molar-refractivity contribution in [3.63, 3.8) is 0 Å². The van der Waals surface area contributed by atoms with Gasteiger partial charge in [0.1, 0.15) is 0 Å². The zero-order valence-electron chi connectivity index (χ0n) is 11.2. The van der Waals surface area contributed by atoms with Crippen LogP contribution >= 0.6 is 0 Å². The fraction of sp³-hybridized carbons (Fsp3) is 0.529. The summed E-state index contributed by atoms with van der Waals surface area (Å²) in [5.74, 6) is 1.42. The summed E-state index contributed by atoms with van der Waals surface area (Å²) in [6, 6.07) is 9.11. The molecule has 1 saturated carbocycles. The van der Waals surface area contributed by atoms with Crippen LogP contribution in [0.15, 0.2) is 36.7 Å². The van der Waals surface area contributed by atoms with Crippen LogP contribution in [-0.2, 0) is 6.42 Å². The van der Waals surface area contributed by atoms with E-state index < -0.39 is 0 Å². The molecule has 0 unspecified atom stereocenters. The molecule has 1 fully saturated rings. The monoisotopic (exact) mass is 246 g/mol. The van der Waals surface area contributed by atoms with E-state index in [9.17, 15) is 4.39 Å². The van der Waals surface area contributed by atoms with Crippen molar-refractivity contribution in [2.45, 2.75) is 51.4 Å². The molecule has 0 amide bonds. The third-order valence-corrected chi connectivity index (χ3v) is 4.26. The molecule has 0 saturated heterocycles. The summed E-state index contributed by atoms with van der Waals surface area (Å²) in [4.78, 5) is 0. The number of hydrogen-bond donors (Lipinski definition) is 0. The van der Waals surface area contributed by atoms with Crippen molar-refractivity contribution in [2.24, 2.45) is 5.92 Å². The van der Waals surface area contributed by atoms with Crippen LogP contribution in [0.5, 0.6) is 0 Å². The van der Waals surface area contributed by atoms with Crippen molar-refractivity contribution in [3.05, 3.63) is 47.8 Å². The number of aryl methyl sites for hydroxylation is 1. The van der Waals surface area contributed by atoms with Crippen molar-refractivity contribution in [1.82, 2.24) is 0 Å². The van der Waals surface area contributed by atoms with E-state index in [1.165, 1.54) is 36.8 Å². The van der Waals surface area contributed by atoms with Crippen molar-refractivity contribution in [1.29, 1.82) is 0 Å². The van der Waals surface area contributed by atoms with Gasteiger partial charge in [-0.05, 0) is 61.5 Å². The highest BCUT2D eigenvalue weighted by molar-refractivity contribution is 5.25. The van der Waals surface area contributed by atoms with Crippen molar-refractivity contribution < 1.29 is 4.39 Å². The standard InChI is InChI=1S/C17H23F/c1-2-14-5-9-16(10-6-14)17-11-7-15(8-12-17)4-3-13-18/h3,5-6,9-10,13,15,17H,2,4,7-8,11-12H2,1H3/t15-,17-. The molecule has 0 aliphatic heterocycles. The topological polar surface area (TPSA) is 0 Å². The lowest BCUT2D eigenvalue weighted by Crippen LogP contribution is -2.12. The quantitative estimate of drug-likeness (QED) is 0.667. The molecule has 0 nitrogen and oxygen atoms in total. The molecular formula is C17H23F. The predicted octanol–water partition coefficient (Wildman–Crippen LogP) is 5.40. The van der Waals surface area contributed by atoms with E-state index in [-0.39, 0.29) is 0 Å². The van der Waals surface area contributed by atoms with E-state index in [1.54, 1.807) is 6.08 Å². The summed E-state index contributed by atoms with van der Waals surface area (Å²) in [6.07, 6.45) is 9.39. The highest BCUT2D eigenvalue weighted by Crippen LogP contribution is 2.37. The maximum absolute atomic E-state index is 12.0. The van der Waals surface area contributed by atoms with Crippen LogP contribution < -0.4 is 0 Å².